The van der Waals surface area contributed by atoms with Crippen molar-refractivity contribution in [3.05, 3.63) is 94.0 Å². The number of amides is 2. The zero-order valence-electron chi connectivity index (χ0n) is 24.4. The largest absolute Gasteiger partial charge is 0.492 e. The van der Waals surface area contributed by atoms with Crippen molar-refractivity contribution in [3.8, 4) is 5.75 Å². The molecule has 1 atom stereocenters. The van der Waals surface area contributed by atoms with Crippen LogP contribution in [0.25, 0.3) is 0 Å². The molecule has 11 heteroatoms. The van der Waals surface area contributed by atoms with Gasteiger partial charge in [-0.15, -0.1) is 0 Å². The molecule has 3 rings (SSSR count). The van der Waals surface area contributed by atoms with Crippen LogP contribution in [0, 0.1) is 0 Å². The predicted octanol–water partition coefficient (Wildman–Crippen LogP) is 5.71. The number of para-hydroxylation sites is 2. The Labute approximate surface area is 258 Å². The van der Waals surface area contributed by atoms with Gasteiger partial charge in [-0.2, -0.15) is 0 Å². The second kappa shape index (κ2) is 14.3. The molecular weight excluding hydrogens is 597 g/mol. The van der Waals surface area contributed by atoms with E-state index >= 15 is 0 Å². The van der Waals surface area contributed by atoms with Gasteiger partial charge in [-0.25, -0.2) is 8.42 Å². The molecule has 0 heterocycles. The lowest BCUT2D eigenvalue weighted by molar-refractivity contribution is -0.140. The van der Waals surface area contributed by atoms with Gasteiger partial charge in [0.1, 0.15) is 18.3 Å². The number of hydrogen-bond acceptors (Lipinski definition) is 5. The van der Waals surface area contributed by atoms with Crippen LogP contribution in [-0.2, 0) is 32.6 Å². The minimum Gasteiger partial charge on any atom is -0.492 e. The first kappa shape index (κ1) is 33.2. The summed E-state index contributed by atoms with van der Waals surface area (Å²) in [6.45, 7) is 7.07. The van der Waals surface area contributed by atoms with Gasteiger partial charge in [-0.05, 0) is 63.1 Å². The number of benzene rings is 3. The summed E-state index contributed by atoms with van der Waals surface area (Å²) >= 11 is 12.4. The highest BCUT2D eigenvalue weighted by Gasteiger charge is 2.35. The van der Waals surface area contributed by atoms with Crippen molar-refractivity contribution in [1.29, 1.82) is 0 Å². The minimum atomic E-state index is -3.94. The number of sulfonamides is 1. The molecule has 42 heavy (non-hydrogen) atoms. The van der Waals surface area contributed by atoms with Crippen LogP contribution in [0.3, 0.4) is 0 Å². The lowest BCUT2D eigenvalue weighted by Crippen LogP contribution is -2.56. The van der Waals surface area contributed by atoms with Crippen molar-refractivity contribution >= 4 is 50.7 Å². The Morgan fingerprint density at radius 1 is 0.929 bits per heavy atom. The molecule has 0 fully saturated rings. The van der Waals surface area contributed by atoms with Gasteiger partial charge < -0.3 is 15.0 Å². The lowest BCUT2D eigenvalue weighted by atomic mass is 10.0. The van der Waals surface area contributed by atoms with E-state index in [1.165, 1.54) is 4.90 Å². The molecule has 2 amide bonds. The van der Waals surface area contributed by atoms with Crippen LogP contribution < -0.4 is 14.4 Å². The number of halogens is 2. The van der Waals surface area contributed by atoms with Gasteiger partial charge in [-0.3, -0.25) is 13.9 Å². The Balaban J connectivity index is 2.12. The highest BCUT2D eigenvalue weighted by Crippen LogP contribution is 2.30. The van der Waals surface area contributed by atoms with Crippen molar-refractivity contribution in [2.75, 3.05) is 23.7 Å². The van der Waals surface area contributed by atoms with E-state index in [-0.39, 0.29) is 24.6 Å². The minimum absolute atomic E-state index is 0.0184. The molecule has 1 N–H and O–H groups in total. The molecule has 3 aromatic carbocycles. The van der Waals surface area contributed by atoms with Gasteiger partial charge in [0, 0.05) is 18.5 Å². The maximum atomic E-state index is 14.2. The summed E-state index contributed by atoms with van der Waals surface area (Å²) in [4.78, 5) is 29.4. The summed E-state index contributed by atoms with van der Waals surface area (Å²) in [5.41, 5.74) is 1.10. The standard InChI is InChI=1S/C31H37Cl2N3O5S/c1-6-41-28-15-11-10-14-26(28)36(42(5,39)40)21-29(37)35(20-23-16-17-24(32)25(33)18-23)27(30(38)34-31(2,3)4)19-22-12-8-7-9-13-22/h7-18,27H,6,19-21H2,1-5H3,(H,34,38)/t27-/m0/s1. The zero-order chi connectivity index (χ0) is 31.1. The Morgan fingerprint density at radius 2 is 1.57 bits per heavy atom. The van der Waals surface area contributed by atoms with E-state index in [0.717, 1.165) is 16.1 Å². The van der Waals surface area contributed by atoms with E-state index in [1.54, 1.807) is 49.4 Å². The van der Waals surface area contributed by atoms with Crippen molar-refractivity contribution in [2.24, 2.45) is 0 Å². The van der Waals surface area contributed by atoms with E-state index in [0.29, 0.717) is 28.0 Å². The molecule has 0 aliphatic rings. The van der Waals surface area contributed by atoms with E-state index in [2.05, 4.69) is 5.32 Å². The van der Waals surface area contributed by atoms with E-state index in [9.17, 15) is 18.0 Å². The smallest absolute Gasteiger partial charge is 0.244 e. The maximum Gasteiger partial charge on any atom is 0.244 e. The summed E-state index contributed by atoms with van der Waals surface area (Å²) in [5, 5.41) is 3.63. The quantitative estimate of drug-likeness (QED) is 0.275. The fourth-order valence-electron chi connectivity index (χ4n) is 4.38. The second-order valence-electron chi connectivity index (χ2n) is 10.9. The van der Waals surface area contributed by atoms with Gasteiger partial charge in [0.25, 0.3) is 0 Å². The first-order chi connectivity index (χ1) is 19.7. The Morgan fingerprint density at radius 3 is 2.17 bits per heavy atom. The third-order valence-electron chi connectivity index (χ3n) is 6.22. The highest BCUT2D eigenvalue weighted by molar-refractivity contribution is 7.92. The molecule has 0 spiro atoms. The predicted molar refractivity (Wildman–Crippen MR) is 169 cm³/mol. The van der Waals surface area contributed by atoms with Gasteiger partial charge in [0.15, 0.2) is 0 Å². The fourth-order valence-corrected chi connectivity index (χ4v) is 5.55. The van der Waals surface area contributed by atoms with Crippen molar-refractivity contribution < 1.29 is 22.7 Å². The molecular formula is C31H37Cl2N3O5S. The Kier molecular flexibility index (Phi) is 11.3. The average molecular weight is 635 g/mol. The summed E-state index contributed by atoms with van der Waals surface area (Å²) < 4.78 is 32.8. The van der Waals surface area contributed by atoms with E-state index in [1.807, 2.05) is 51.1 Å². The molecule has 0 saturated heterocycles. The fraction of sp³-hybridized carbons (Fsp3) is 0.355. The first-order valence-electron chi connectivity index (χ1n) is 13.5. The van der Waals surface area contributed by atoms with Crippen LogP contribution in [-0.4, -0.2) is 56.1 Å². The lowest BCUT2D eigenvalue weighted by Gasteiger charge is -2.35. The zero-order valence-corrected chi connectivity index (χ0v) is 26.8. The van der Waals surface area contributed by atoms with Crippen molar-refractivity contribution in [1.82, 2.24) is 10.2 Å². The Bertz CT molecular complexity index is 1490. The number of nitrogens with one attached hydrogen (secondary N) is 1. The number of carbonyl (C=O) groups excluding carboxylic acids is 2. The molecule has 0 bridgehead atoms. The van der Waals surface area contributed by atoms with Gasteiger partial charge in [0.2, 0.25) is 21.8 Å². The molecule has 226 valence electrons. The maximum absolute atomic E-state index is 14.2. The molecule has 0 saturated carbocycles. The van der Waals surface area contributed by atoms with Crippen LogP contribution in [0.4, 0.5) is 5.69 Å². The van der Waals surface area contributed by atoms with Crippen molar-refractivity contribution in [2.45, 2.75) is 52.2 Å². The topological polar surface area (TPSA) is 96.0 Å². The number of hydrogen-bond donors (Lipinski definition) is 1. The van der Waals surface area contributed by atoms with Gasteiger partial charge in [-0.1, -0.05) is 71.7 Å². The molecule has 0 unspecified atom stereocenters. The normalized spacial score (nSPS) is 12.4. The molecule has 0 aliphatic heterocycles. The first-order valence-corrected chi connectivity index (χ1v) is 16.1. The van der Waals surface area contributed by atoms with Gasteiger partial charge >= 0.3 is 0 Å². The van der Waals surface area contributed by atoms with E-state index < -0.39 is 34.1 Å². The number of carbonyl (C=O) groups is 2. The summed E-state index contributed by atoms with van der Waals surface area (Å²) in [6, 6.07) is 19.9. The molecule has 3 aromatic rings. The summed E-state index contributed by atoms with van der Waals surface area (Å²) in [7, 11) is -3.94. The molecule has 8 nitrogen and oxygen atoms in total. The highest BCUT2D eigenvalue weighted by atomic mass is 35.5. The summed E-state index contributed by atoms with van der Waals surface area (Å²) in [6.07, 6.45) is 1.23. The van der Waals surface area contributed by atoms with Crippen LogP contribution in [0.5, 0.6) is 5.75 Å². The average Bonchev–Trinajstić information content (AvgIpc) is 2.90. The van der Waals surface area contributed by atoms with Crippen molar-refractivity contribution in [3.63, 3.8) is 0 Å². The third kappa shape index (κ3) is 9.37. The summed E-state index contributed by atoms with van der Waals surface area (Å²) in [5.74, 6) is -0.635. The third-order valence-corrected chi connectivity index (χ3v) is 8.08. The molecule has 0 aliphatic carbocycles. The van der Waals surface area contributed by atoms with Crippen LogP contribution >= 0.6 is 23.2 Å². The van der Waals surface area contributed by atoms with Crippen LogP contribution in [0.2, 0.25) is 10.0 Å². The van der Waals surface area contributed by atoms with Crippen LogP contribution in [0.1, 0.15) is 38.8 Å². The monoisotopic (exact) mass is 633 g/mol. The van der Waals surface area contributed by atoms with E-state index in [4.69, 9.17) is 27.9 Å². The van der Waals surface area contributed by atoms with Crippen LogP contribution in [0.15, 0.2) is 72.8 Å². The second-order valence-corrected chi connectivity index (χ2v) is 13.6. The van der Waals surface area contributed by atoms with Gasteiger partial charge in [0.05, 0.1) is 28.6 Å². The number of nitrogens with zero attached hydrogens (tertiary/aromatic N) is 2. The molecule has 0 radical (unpaired) electrons. The number of rotatable bonds is 12. The Hall–Kier alpha value is -3.27. The molecule has 0 aromatic heterocycles. The number of anilines is 1. The number of ether oxygens (including phenoxy) is 1. The SMILES string of the molecule is CCOc1ccccc1N(CC(=O)N(Cc1ccc(Cl)c(Cl)c1)[C@@H](Cc1ccccc1)C(=O)NC(C)(C)C)S(C)(=O)=O.